The summed E-state index contributed by atoms with van der Waals surface area (Å²) >= 11 is 14.0. The predicted octanol–water partition coefficient (Wildman–Crippen LogP) is 6.99. The third kappa shape index (κ3) is 6.25. The molecule has 7 rings (SSSR count). The smallest absolute Gasteiger partial charge is 0.433 e. The van der Waals surface area contributed by atoms with Crippen molar-refractivity contribution in [2.45, 2.75) is 43.9 Å². The van der Waals surface area contributed by atoms with Gasteiger partial charge in [0.1, 0.15) is 11.5 Å². The summed E-state index contributed by atoms with van der Waals surface area (Å²) < 4.78 is 48.1. The molecule has 3 N–H and O–H groups in total. The second-order valence-electron chi connectivity index (χ2n) is 12.2. The molecule has 2 aliphatic rings. The number of anilines is 2. The number of nitrogens with one attached hydrogen (secondary N) is 3. The lowest BCUT2D eigenvalue weighted by atomic mass is 9.99. The van der Waals surface area contributed by atoms with Gasteiger partial charge in [-0.2, -0.15) is 18.3 Å². The summed E-state index contributed by atoms with van der Waals surface area (Å²) in [4.78, 5) is 33.2. The average molecular weight is 725 g/mol. The Hall–Kier alpha value is -4.72. The minimum absolute atomic E-state index is 0.0229. The summed E-state index contributed by atoms with van der Waals surface area (Å²) in [6, 6.07) is 13.3. The minimum Gasteiger partial charge on any atom is -0.481 e. The zero-order valence-corrected chi connectivity index (χ0v) is 28.3. The molecular weight excluding hydrogens is 694 g/mol. The molecule has 50 heavy (non-hydrogen) atoms. The molecule has 1 amide bonds. The van der Waals surface area contributed by atoms with Crippen LogP contribution in [0.2, 0.25) is 10.0 Å². The molecule has 258 valence electrons. The first-order valence-electron chi connectivity index (χ1n) is 15.8. The fraction of sp³-hybridized carbons (Fsp3) is 0.286. The second kappa shape index (κ2) is 13.2. The van der Waals surface area contributed by atoms with Crippen LogP contribution in [0.5, 0.6) is 5.88 Å². The van der Waals surface area contributed by atoms with Crippen LogP contribution in [0.25, 0.3) is 33.2 Å². The third-order valence-electron chi connectivity index (χ3n) is 9.08. The lowest BCUT2D eigenvalue weighted by Gasteiger charge is -2.20. The minimum atomic E-state index is -4.77. The molecule has 0 saturated carbocycles. The highest BCUT2D eigenvalue weighted by Gasteiger charge is 2.34. The number of amides is 1. The molecule has 1 saturated heterocycles. The number of pyridine rings is 2. The van der Waals surface area contributed by atoms with Crippen molar-refractivity contribution in [1.29, 1.82) is 0 Å². The lowest BCUT2D eigenvalue weighted by molar-refractivity contribution is -0.141. The number of aryl methyl sites for hydroxylation is 2. The predicted molar refractivity (Wildman–Crippen MR) is 185 cm³/mol. The first-order chi connectivity index (χ1) is 23.9. The van der Waals surface area contributed by atoms with Crippen molar-refractivity contribution < 1.29 is 22.7 Å². The van der Waals surface area contributed by atoms with Gasteiger partial charge >= 0.3 is 6.18 Å². The number of hydrogen-bond acceptors (Lipinski definition) is 8. The average Bonchev–Trinajstić information content (AvgIpc) is 3.71. The SMILES string of the molecule is COc1nc(-c2cccc(-c3cccc(Nc4nc(C(F)(F)F)cc5cnn(C)c(=O)c45)c3Cl)c2Cl)cc2c1C(NCC1CCC(=O)N1)CC2. The van der Waals surface area contributed by atoms with Gasteiger partial charge in [-0.3, -0.25) is 9.59 Å². The van der Waals surface area contributed by atoms with Crippen molar-refractivity contribution in [3.8, 4) is 28.3 Å². The van der Waals surface area contributed by atoms with E-state index in [1.165, 1.54) is 13.2 Å². The Morgan fingerprint density at radius 3 is 2.46 bits per heavy atom. The Kier molecular flexibility index (Phi) is 8.91. The van der Waals surface area contributed by atoms with Gasteiger partial charge in [0, 0.05) is 59.7 Å². The summed E-state index contributed by atoms with van der Waals surface area (Å²) in [5.41, 5.74) is 2.74. The Labute approximate surface area is 294 Å². The maximum Gasteiger partial charge on any atom is 0.433 e. The molecule has 15 heteroatoms. The van der Waals surface area contributed by atoms with E-state index < -0.39 is 17.4 Å². The first-order valence-corrected chi connectivity index (χ1v) is 16.6. The van der Waals surface area contributed by atoms with Gasteiger partial charge in [0.05, 0.1) is 40.1 Å². The van der Waals surface area contributed by atoms with E-state index in [0.29, 0.717) is 46.3 Å². The number of ether oxygens (including phenoxy) is 1. The molecule has 0 bridgehead atoms. The monoisotopic (exact) mass is 723 g/mol. The Morgan fingerprint density at radius 2 is 1.74 bits per heavy atom. The summed E-state index contributed by atoms with van der Waals surface area (Å²) in [7, 11) is 2.97. The Balaban J connectivity index is 1.23. The van der Waals surface area contributed by atoms with E-state index in [2.05, 4.69) is 26.0 Å². The molecular formula is C35H30Cl2F3N7O3. The van der Waals surface area contributed by atoms with Gasteiger partial charge in [-0.15, -0.1) is 0 Å². The van der Waals surface area contributed by atoms with E-state index >= 15 is 0 Å². The molecule has 1 fully saturated rings. The number of halogens is 5. The highest BCUT2D eigenvalue weighted by molar-refractivity contribution is 6.39. The lowest BCUT2D eigenvalue weighted by Crippen LogP contribution is -2.36. The number of benzene rings is 2. The molecule has 0 spiro atoms. The molecule has 1 aliphatic carbocycles. The van der Waals surface area contributed by atoms with Crippen molar-refractivity contribution in [2.24, 2.45) is 7.05 Å². The number of nitrogens with zero attached hydrogens (tertiary/aromatic N) is 4. The van der Waals surface area contributed by atoms with Crippen LogP contribution >= 0.6 is 23.2 Å². The summed E-state index contributed by atoms with van der Waals surface area (Å²) in [6.45, 7) is 0.650. The highest BCUT2D eigenvalue weighted by atomic mass is 35.5. The van der Waals surface area contributed by atoms with Crippen molar-refractivity contribution in [1.82, 2.24) is 30.4 Å². The second-order valence-corrected chi connectivity index (χ2v) is 13.0. The topological polar surface area (TPSA) is 123 Å². The van der Waals surface area contributed by atoms with E-state index in [-0.39, 0.29) is 45.3 Å². The van der Waals surface area contributed by atoms with Crippen LogP contribution in [0.1, 0.15) is 42.1 Å². The standard InChI is InChI=1S/C35H30Cl2F3N7O3/c1-47-34(49)29-18(15-42-47)14-26(35(38,39)40)46-32(29)44-24-8-4-6-21(31(24)37)20-5-3-7-22(30(20)36)25-13-17-9-11-23(28(17)33(45-25)50-2)41-16-19-10-12-27(48)43-19/h3-8,13-15,19,23,41H,9-12,16H2,1-2H3,(H,43,48)(H,44,46). The zero-order valence-electron chi connectivity index (χ0n) is 26.8. The molecule has 2 unspecified atom stereocenters. The van der Waals surface area contributed by atoms with Crippen molar-refractivity contribution in [3.63, 3.8) is 0 Å². The van der Waals surface area contributed by atoms with E-state index in [9.17, 15) is 22.8 Å². The molecule has 1 aliphatic heterocycles. The van der Waals surface area contributed by atoms with Crippen LogP contribution in [0, 0.1) is 0 Å². The van der Waals surface area contributed by atoms with Gasteiger partial charge in [0.25, 0.3) is 5.56 Å². The van der Waals surface area contributed by atoms with Gasteiger partial charge in [-0.05, 0) is 43.0 Å². The highest BCUT2D eigenvalue weighted by Crippen LogP contribution is 2.44. The summed E-state index contributed by atoms with van der Waals surface area (Å²) in [6.07, 6.45) is -0.613. The van der Waals surface area contributed by atoms with Crippen LogP contribution in [0.3, 0.4) is 0 Å². The number of hydrogen-bond donors (Lipinski definition) is 3. The van der Waals surface area contributed by atoms with Crippen LogP contribution in [-0.4, -0.2) is 45.4 Å². The quantitative estimate of drug-likeness (QED) is 0.157. The largest absolute Gasteiger partial charge is 0.481 e. The van der Waals surface area contributed by atoms with Gasteiger partial charge in [-0.1, -0.05) is 53.5 Å². The van der Waals surface area contributed by atoms with Crippen LogP contribution in [-0.2, 0) is 24.4 Å². The number of carbonyl (C=O) groups is 1. The van der Waals surface area contributed by atoms with Crippen LogP contribution < -0.4 is 26.2 Å². The maximum atomic E-state index is 13.8. The van der Waals surface area contributed by atoms with E-state index in [4.69, 9.17) is 32.9 Å². The van der Waals surface area contributed by atoms with Gasteiger partial charge < -0.3 is 20.7 Å². The van der Waals surface area contributed by atoms with Crippen LogP contribution in [0.4, 0.5) is 24.7 Å². The number of aromatic nitrogens is 4. The molecule has 5 aromatic rings. The van der Waals surface area contributed by atoms with Crippen molar-refractivity contribution in [2.75, 3.05) is 19.0 Å². The summed E-state index contributed by atoms with van der Waals surface area (Å²) in [5.74, 6) is 0.241. The van der Waals surface area contributed by atoms with Crippen LogP contribution in [0.15, 0.2) is 59.5 Å². The summed E-state index contributed by atoms with van der Waals surface area (Å²) in [5, 5.41) is 13.7. The number of alkyl halides is 3. The number of rotatable bonds is 8. The van der Waals surface area contributed by atoms with Crippen molar-refractivity contribution >= 4 is 51.4 Å². The Bertz CT molecular complexity index is 2230. The van der Waals surface area contributed by atoms with Gasteiger partial charge in [-0.25, -0.2) is 14.6 Å². The molecule has 4 heterocycles. The molecule has 3 aromatic heterocycles. The Morgan fingerprint density at radius 1 is 1.00 bits per heavy atom. The molecule has 2 atom stereocenters. The molecule has 0 radical (unpaired) electrons. The normalized spacial score (nSPS) is 17.2. The molecule has 2 aromatic carbocycles. The maximum absolute atomic E-state index is 13.8. The molecule has 10 nitrogen and oxygen atoms in total. The van der Waals surface area contributed by atoms with E-state index in [0.717, 1.165) is 41.1 Å². The van der Waals surface area contributed by atoms with E-state index in [1.807, 2.05) is 18.2 Å². The number of methoxy groups -OCH3 is 1. The number of carbonyl (C=O) groups excluding carboxylic acids is 1. The fourth-order valence-corrected chi connectivity index (χ4v) is 7.21. The van der Waals surface area contributed by atoms with Gasteiger partial charge in [0.15, 0.2) is 0 Å². The van der Waals surface area contributed by atoms with Crippen molar-refractivity contribution in [3.05, 3.63) is 91.9 Å². The fourth-order valence-electron chi connectivity index (χ4n) is 6.61. The van der Waals surface area contributed by atoms with E-state index in [1.54, 1.807) is 31.4 Å². The zero-order chi connectivity index (χ0) is 35.3. The number of fused-ring (bicyclic) bond motifs is 2. The first kappa shape index (κ1) is 33.8. The van der Waals surface area contributed by atoms with Gasteiger partial charge in [0.2, 0.25) is 11.8 Å². The third-order valence-corrected chi connectivity index (χ3v) is 9.90.